The van der Waals surface area contributed by atoms with Crippen molar-refractivity contribution >= 4 is 47.4 Å². The molecule has 18 heteroatoms. The molecule has 0 radical (unpaired) electrons. The Bertz CT molecular complexity index is 1640. The van der Waals surface area contributed by atoms with Crippen LogP contribution < -0.4 is 43.8 Å². The highest BCUT2D eigenvalue weighted by Gasteiger charge is 2.38. The van der Waals surface area contributed by atoms with Crippen molar-refractivity contribution in [3.05, 3.63) is 35.9 Å². The van der Waals surface area contributed by atoms with Crippen molar-refractivity contribution < 1.29 is 43.4 Å². The number of rotatable bonds is 28. The van der Waals surface area contributed by atoms with E-state index in [2.05, 4.69) is 31.6 Å². The van der Waals surface area contributed by atoms with E-state index in [9.17, 15) is 38.7 Å². The molecule has 1 heterocycles. The second kappa shape index (κ2) is 32.4. The third kappa shape index (κ3) is 23.5. The molecule has 1 aliphatic rings. The molecule has 0 bridgehead atoms. The lowest BCUT2D eigenvalue weighted by Crippen LogP contribution is -2.62. The Morgan fingerprint density at radius 3 is 1.75 bits per heavy atom. The number of ether oxygens (including phenoxy) is 1. The normalized spacial score (nSPS) is 21.5. The zero-order chi connectivity index (χ0) is 48.0. The maximum atomic E-state index is 14.2. The number of carboxylic acids is 1. The minimum Gasteiger partial charge on any atom is -0.481 e. The van der Waals surface area contributed by atoms with E-state index in [4.69, 9.17) is 21.9 Å². The van der Waals surface area contributed by atoms with E-state index >= 15 is 0 Å². The number of cyclic esters (lactones) is 1. The van der Waals surface area contributed by atoms with Crippen LogP contribution >= 0.6 is 0 Å². The van der Waals surface area contributed by atoms with E-state index in [0.29, 0.717) is 24.9 Å². The first kappa shape index (κ1) is 55.9. The molecule has 12 N–H and O–H groups in total. The summed E-state index contributed by atoms with van der Waals surface area (Å²) in [4.78, 5) is 98.3. The number of unbranched alkanes of at least 4 members (excludes halogenated alkanes) is 15. The first-order valence-electron chi connectivity index (χ1n) is 23.9. The van der Waals surface area contributed by atoms with Gasteiger partial charge in [-0.05, 0) is 44.2 Å². The number of nitrogens with zero attached hydrogens (tertiary/aromatic N) is 1. The Balaban J connectivity index is 2.08. The van der Waals surface area contributed by atoms with Gasteiger partial charge in [-0.1, -0.05) is 140 Å². The molecule has 18 nitrogen and oxygen atoms in total. The van der Waals surface area contributed by atoms with Gasteiger partial charge in [0.25, 0.3) is 0 Å². The summed E-state index contributed by atoms with van der Waals surface area (Å²) in [6.45, 7) is 5.58. The van der Waals surface area contributed by atoms with Crippen molar-refractivity contribution in [3.63, 3.8) is 0 Å². The van der Waals surface area contributed by atoms with Crippen LogP contribution in [0.5, 0.6) is 0 Å². The summed E-state index contributed by atoms with van der Waals surface area (Å²) in [6, 6.07) is 1.95. The largest absolute Gasteiger partial charge is 0.481 e. The van der Waals surface area contributed by atoms with Gasteiger partial charge in [0, 0.05) is 19.4 Å². The number of carboxylic acid groups (broad SMARTS) is 1. The molecular weight excluding hydrogens is 835 g/mol. The molecule has 7 atom stereocenters. The second-order valence-corrected chi connectivity index (χ2v) is 17.3. The molecule has 0 aliphatic carbocycles. The Kier molecular flexibility index (Phi) is 27.9. The van der Waals surface area contributed by atoms with E-state index in [0.717, 1.165) is 38.5 Å². The Hall–Kier alpha value is -5.26. The minimum absolute atomic E-state index is 0.00604. The number of aliphatic carboxylic acids is 1. The number of nitrogens with one attached hydrogen (secondary N) is 5. The average molecular weight is 914 g/mol. The number of nitrogens with two attached hydrogens (primary N) is 3. The van der Waals surface area contributed by atoms with Crippen LogP contribution in [0.4, 0.5) is 0 Å². The minimum atomic E-state index is -1.72. The zero-order valence-electron chi connectivity index (χ0n) is 39.1. The number of carbonyl (C=O) groups is 7. The summed E-state index contributed by atoms with van der Waals surface area (Å²) in [6.07, 6.45) is 16.0. The van der Waals surface area contributed by atoms with Gasteiger partial charge in [0.1, 0.15) is 36.3 Å². The summed E-state index contributed by atoms with van der Waals surface area (Å²) in [5, 5.41) is 22.8. The van der Waals surface area contributed by atoms with Crippen LogP contribution in [0.2, 0.25) is 0 Å². The highest BCUT2D eigenvalue weighted by molar-refractivity contribution is 5.97. The summed E-state index contributed by atoms with van der Waals surface area (Å²) in [7, 11) is 0. The van der Waals surface area contributed by atoms with Crippen LogP contribution in [0.3, 0.4) is 0 Å². The Morgan fingerprint density at radius 2 is 1.23 bits per heavy atom. The summed E-state index contributed by atoms with van der Waals surface area (Å²) in [5.74, 6) is -6.52. The van der Waals surface area contributed by atoms with Gasteiger partial charge in [-0.15, -0.1) is 0 Å². The molecule has 0 spiro atoms. The molecule has 1 aliphatic heterocycles. The maximum Gasteiger partial charge on any atom is 0.329 e. The predicted octanol–water partition coefficient (Wildman–Crippen LogP) is 3.37. The number of amides is 5. The monoisotopic (exact) mass is 914 g/mol. The molecule has 1 aromatic rings. The van der Waals surface area contributed by atoms with Crippen LogP contribution in [0, 0.1) is 5.92 Å². The molecule has 0 saturated carbocycles. The number of guanidine groups is 1. The third-order valence-corrected chi connectivity index (χ3v) is 11.8. The van der Waals surface area contributed by atoms with Gasteiger partial charge in [0.2, 0.25) is 29.5 Å². The SMILES string of the molecule is CC[C@H](C)[C@@H]1NC(=O)[C@@H](Cc2ccccc2)NC(=O)[C@@H](NC(=O)CCCCCCCCCCCCCCCCCCN=C(N)N)[C@@H](C)OC(=O)[C@H](CC(=O)O)NC(=O)[C@H](CCN)NC1=O. The number of carbonyl (C=O) groups excluding carboxylic acids is 6. The Labute approximate surface area is 385 Å². The first-order valence-corrected chi connectivity index (χ1v) is 23.9. The standard InChI is InChI=1S/C47H79N9O9/c1-4-32(2)40-44(62)52-35(27-28-48)42(60)54-37(31-39(58)59)46(64)65-33(3)41(45(63)53-36(43(61)56-40)30-34-24-20-19-21-25-34)55-38(57)26-22-17-15-13-11-9-7-5-6-8-10-12-14-16-18-23-29-51-47(49)50/h19-21,24-25,32-33,35-37,40-41H,4-18,22-23,26-31,48H2,1-3H3,(H,52,62)(H,53,63)(H,54,60)(H,55,57)(H,56,61)(H,58,59)(H4,49,50,51)/t32-,33+,35-,36+,37-,40-,41-/m0/s1. The van der Waals surface area contributed by atoms with Crippen LogP contribution in [0.25, 0.3) is 0 Å². The Morgan fingerprint density at radius 1 is 0.723 bits per heavy atom. The molecule has 65 heavy (non-hydrogen) atoms. The lowest BCUT2D eigenvalue weighted by molar-refractivity contribution is -0.158. The van der Waals surface area contributed by atoms with Crippen LogP contribution in [-0.2, 0) is 44.7 Å². The average Bonchev–Trinajstić information content (AvgIpc) is 3.26. The van der Waals surface area contributed by atoms with Gasteiger partial charge in [-0.2, -0.15) is 0 Å². The van der Waals surface area contributed by atoms with Crippen molar-refractivity contribution in [1.29, 1.82) is 0 Å². The van der Waals surface area contributed by atoms with Gasteiger partial charge in [-0.3, -0.25) is 33.8 Å². The molecular formula is C47H79N9O9. The van der Waals surface area contributed by atoms with Gasteiger partial charge < -0.3 is 53.6 Å². The van der Waals surface area contributed by atoms with Crippen LogP contribution in [0.15, 0.2) is 35.3 Å². The number of hydrogen-bond donors (Lipinski definition) is 9. The number of benzene rings is 1. The van der Waals surface area contributed by atoms with E-state index in [1.807, 2.05) is 6.92 Å². The van der Waals surface area contributed by atoms with Gasteiger partial charge in [0.05, 0.1) is 6.42 Å². The number of aliphatic imine (C=N–C) groups is 1. The molecule has 0 unspecified atom stereocenters. The lowest BCUT2D eigenvalue weighted by atomic mass is 9.96. The molecule has 1 fully saturated rings. The van der Waals surface area contributed by atoms with Gasteiger partial charge in [-0.25, -0.2) is 4.79 Å². The maximum absolute atomic E-state index is 14.2. The number of hydrogen-bond acceptors (Lipinski definition) is 10. The lowest BCUT2D eigenvalue weighted by Gasteiger charge is -2.31. The van der Waals surface area contributed by atoms with Crippen molar-refractivity contribution in [2.75, 3.05) is 13.1 Å². The van der Waals surface area contributed by atoms with Crippen LogP contribution in [-0.4, -0.2) is 102 Å². The molecule has 0 aromatic heterocycles. The summed E-state index contributed by atoms with van der Waals surface area (Å²) in [5.41, 5.74) is 17.2. The fourth-order valence-corrected chi connectivity index (χ4v) is 7.67. The van der Waals surface area contributed by atoms with Crippen molar-refractivity contribution in [3.8, 4) is 0 Å². The topological polar surface area (TPSA) is 300 Å². The summed E-state index contributed by atoms with van der Waals surface area (Å²) >= 11 is 0. The molecule has 2 rings (SSSR count). The van der Waals surface area contributed by atoms with Crippen molar-refractivity contribution in [1.82, 2.24) is 26.6 Å². The molecule has 1 aromatic carbocycles. The number of esters is 1. The third-order valence-electron chi connectivity index (χ3n) is 11.8. The van der Waals surface area contributed by atoms with Crippen molar-refractivity contribution in [2.45, 2.75) is 192 Å². The fraction of sp³-hybridized carbons (Fsp3) is 0.702. The van der Waals surface area contributed by atoms with E-state index in [1.165, 1.54) is 64.7 Å². The molecule has 1 saturated heterocycles. The van der Waals surface area contributed by atoms with Crippen LogP contribution in [0.1, 0.15) is 155 Å². The van der Waals surface area contributed by atoms with E-state index in [-0.39, 0.29) is 31.8 Å². The van der Waals surface area contributed by atoms with Gasteiger partial charge >= 0.3 is 11.9 Å². The molecule has 366 valence electrons. The highest BCUT2D eigenvalue weighted by Crippen LogP contribution is 2.16. The molecule has 5 amide bonds. The predicted molar refractivity (Wildman–Crippen MR) is 250 cm³/mol. The van der Waals surface area contributed by atoms with Gasteiger partial charge in [0.15, 0.2) is 5.96 Å². The quantitative estimate of drug-likeness (QED) is 0.0253. The van der Waals surface area contributed by atoms with Crippen molar-refractivity contribution in [2.24, 2.45) is 28.1 Å². The summed E-state index contributed by atoms with van der Waals surface area (Å²) < 4.78 is 5.59. The highest BCUT2D eigenvalue weighted by atomic mass is 16.5. The zero-order valence-corrected chi connectivity index (χ0v) is 39.1. The van der Waals surface area contributed by atoms with E-state index < -0.39 is 90.1 Å². The smallest absolute Gasteiger partial charge is 0.329 e. The fourth-order valence-electron chi connectivity index (χ4n) is 7.67. The second-order valence-electron chi connectivity index (χ2n) is 17.3. The van der Waals surface area contributed by atoms with E-state index in [1.54, 1.807) is 37.3 Å². The first-order chi connectivity index (χ1) is 31.2.